The molecule has 0 saturated carbocycles. The van der Waals surface area contributed by atoms with E-state index in [-0.39, 0.29) is 12.4 Å². The molecule has 0 fully saturated rings. The normalized spacial score (nSPS) is 20.1. The molecular weight excluding hydrogens is 235 g/mol. The highest BCUT2D eigenvalue weighted by molar-refractivity contribution is 5.89. The molecule has 7 heteroatoms. The second-order valence-electron chi connectivity index (χ2n) is 4.27. The second-order valence-corrected chi connectivity index (χ2v) is 4.27. The number of carbonyl (C=O) groups is 1. The maximum atomic E-state index is 12.3. The average Bonchev–Trinajstić information content (AvgIpc) is 2.57. The average molecular weight is 247 g/mol. The summed E-state index contributed by atoms with van der Waals surface area (Å²) in [7, 11) is 0. The first-order valence-electron chi connectivity index (χ1n) is 5.28. The first kappa shape index (κ1) is 11.9. The fourth-order valence-electron chi connectivity index (χ4n) is 2.21. The Kier molecular flexibility index (Phi) is 2.84. The van der Waals surface area contributed by atoms with Crippen molar-refractivity contribution in [1.29, 1.82) is 0 Å². The van der Waals surface area contributed by atoms with Crippen LogP contribution in [0.4, 0.5) is 13.2 Å². The van der Waals surface area contributed by atoms with E-state index in [1.54, 1.807) is 0 Å². The minimum atomic E-state index is -4.17. The van der Waals surface area contributed by atoms with Gasteiger partial charge < -0.3 is 10.3 Å². The van der Waals surface area contributed by atoms with Crippen molar-refractivity contribution in [3.8, 4) is 0 Å². The van der Waals surface area contributed by atoms with Gasteiger partial charge in [-0.2, -0.15) is 13.2 Å². The zero-order chi connectivity index (χ0) is 12.6. The van der Waals surface area contributed by atoms with Crippen molar-refractivity contribution in [3.63, 3.8) is 0 Å². The third-order valence-electron chi connectivity index (χ3n) is 2.93. The summed E-state index contributed by atoms with van der Waals surface area (Å²) >= 11 is 0. The van der Waals surface area contributed by atoms with Gasteiger partial charge in [0.2, 0.25) is 0 Å². The van der Waals surface area contributed by atoms with Crippen LogP contribution in [0, 0.1) is 5.92 Å². The molecule has 1 unspecified atom stereocenters. The zero-order valence-electron chi connectivity index (χ0n) is 9.00. The van der Waals surface area contributed by atoms with Gasteiger partial charge in [-0.1, -0.05) is 0 Å². The van der Waals surface area contributed by atoms with Crippen molar-refractivity contribution in [2.75, 3.05) is 0 Å². The van der Waals surface area contributed by atoms with Crippen LogP contribution in [0.1, 0.15) is 29.2 Å². The number of aryl methyl sites for hydroxylation is 1. The van der Waals surface area contributed by atoms with Gasteiger partial charge in [-0.3, -0.25) is 4.79 Å². The van der Waals surface area contributed by atoms with Crippen molar-refractivity contribution in [1.82, 2.24) is 9.55 Å². The standard InChI is InChI=1S/C10H12F3N3O/c11-10(12,13)3-6-1-2-7-4-15-9(8(14)17)16(7)5-6/h4,6H,1-3,5H2,(H2,14,17). The Bertz CT molecular complexity index is 438. The number of carbonyl (C=O) groups excluding carboxylic acids is 1. The van der Waals surface area contributed by atoms with Gasteiger partial charge in [-0.25, -0.2) is 4.98 Å². The molecule has 2 heterocycles. The molecule has 0 bridgehead atoms. The van der Waals surface area contributed by atoms with Crippen molar-refractivity contribution < 1.29 is 18.0 Å². The Morgan fingerprint density at radius 1 is 1.59 bits per heavy atom. The molecule has 17 heavy (non-hydrogen) atoms. The quantitative estimate of drug-likeness (QED) is 0.860. The summed E-state index contributed by atoms with van der Waals surface area (Å²) in [5.41, 5.74) is 5.89. The van der Waals surface area contributed by atoms with Gasteiger partial charge in [0.1, 0.15) is 0 Å². The molecule has 2 rings (SSSR count). The fourth-order valence-corrected chi connectivity index (χ4v) is 2.21. The number of halogens is 3. The number of imidazole rings is 1. The Balaban J connectivity index is 2.17. The summed E-state index contributed by atoms with van der Waals surface area (Å²) < 4.78 is 38.4. The van der Waals surface area contributed by atoms with E-state index in [2.05, 4.69) is 4.98 Å². The number of nitrogens with two attached hydrogens (primary N) is 1. The highest BCUT2D eigenvalue weighted by atomic mass is 19.4. The monoisotopic (exact) mass is 247 g/mol. The molecule has 1 aliphatic rings. The number of alkyl halides is 3. The predicted molar refractivity (Wildman–Crippen MR) is 53.2 cm³/mol. The number of rotatable bonds is 2. The van der Waals surface area contributed by atoms with Crippen LogP contribution < -0.4 is 5.73 Å². The smallest absolute Gasteiger partial charge is 0.363 e. The SMILES string of the molecule is NC(=O)c1ncc2n1CC(CC(F)(F)F)CC2. The minimum absolute atomic E-state index is 0.0480. The largest absolute Gasteiger partial charge is 0.389 e. The van der Waals surface area contributed by atoms with Crippen LogP contribution in [-0.4, -0.2) is 21.6 Å². The molecular formula is C10H12F3N3O. The maximum absolute atomic E-state index is 12.3. The number of nitrogens with zero attached hydrogens (tertiary/aromatic N) is 2. The second kappa shape index (κ2) is 4.05. The van der Waals surface area contributed by atoms with E-state index in [9.17, 15) is 18.0 Å². The van der Waals surface area contributed by atoms with Gasteiger partial charge in [0, 0.05) is 24.9 Å². The molecule has 4 nitrogen and oxygen atoms in total. The fraction of sp³-hybridized carbons (Fsp3) is 0.600. The van der Waals surface area contributed by atoms with Gasteiger partial charge in [-0.05, 0) is 18.8 Å². The zero-order valence-corrected chi connectivity index (χ0v) is 9.00. The van der Waals surface area contributed by atoms with Crippen molar-refractivity contribution in [2.45, 2.75) is 32.0 Å². The molecule has 2 N–H and O–H groups in total. The molecule has 0 spiro atoms. The Morgan fingerprint density at radius 3 is 2.88 bits per heavy atom. The summed E-state index contributed by atoms with van der Waals surface area (Å²) in [6.07, 6.45) is -2.53. The summed E-state index contributed by atoms with van der Waals surface area (Å²) in [6, 6.07) is 0. The molecule has 1 aliphatic heterocycles. The van der Waals surface area contributed by atoms with Crippen LogP contribution in [0.25, 0.3) is 0 Å². The first-order chi connectivity index (χ1) is 7.87. The summed E-state index contributed by atoms with van der Waals surface area (Å²) in [5.74, 6) is -1.16. The summed E-state index contributed by atoms with van der Waals surface area (Å²) in [4.78, 5) is 14.9. The molecule has 0 aromatic carbocycles. The lowest BCUT2D eigenvalue weighted by Gasteiger charge is -2.25. The topological polar surface area (TPSA) is 60.9 Å². The lowest BCUT2D eigenvalue weighted by molar-refractivity contribution is -0.146. The van der Waals surface area contributed by atoms with Crippen LogP contribution in [-0.2, 0) is 13.0 Å². The van der Waals surface area contributed by atoms with E-state index in [0.717, 1.165) is 5.69 Å². The van der Waals surface area contributed by atoms with E-state index in [0.29, 0.717) is 12.8 Å². The number of hydrogen-bond donors (Lipinski definition) is 1. The number of aromatic nitrogens is 2. The van der Waals surface area contributed by atoms with Crippen LogP contribution in [0.5, 0.6) is 0 Å². The third kappa shape index (κ3) is 2.59. The molecule has 0 aliphatic carbocycles. The van der Waals surface area contributed by atoms with E-state index in [1.807, 2.05) is 0 Å². The summed E-state index contributed by atoms with van der Waals surface area (Å²) in [6.45, 7) is 0.160. The molecule has 0 saturated heterocycles. The van der Waals surface area contributed by atoms with Gasteiger partial charge in [0.25, 0.3) is 5.91 Å². The van der Waals surface area contributed by atoms with Gasteiger partial charge >= 0.3 is 6.18 Å². The van der Waals surface area contributed by atoms with Crippen LogP contribution in [0.3, 0.4) is 0 Å². The molecule has 1 aromatic rings. The van der Waals surface area contributed by atoms with Crippen molar-refractivity contribution in [2.24, 2.45) is 11.7 Å². The Hall–Kier alpha value is -1.53. The molecule has 94 valence electrons. The van der Waals surface area contributed by atoms with Gasteiger partial charge in [0.15, 0.2) is 5.82 Å². The Morgan fingerprint density at radius 2 is 2.29 bits per heavy atom. The number of amides is 1. The summed E-state index contributed by atoms with van der Waals surface area (Å²) in [5, 5.41) is 0. The molecule has 0 radical (unpaired) electrons. The van der Waals surface area contributed by atoms with Crippen LogP contribution in [0.15, 0.2) is 6.20 Å². The molecule has 1 aromatic heterocycles. The Labute approximate surface area is 95.6 Å². The maximum Gasteiger partial charge on any atom is 0.389 e. The number of primary amides is 1. The lowest BCUT2D eigenvalue weighted by atomic mass is 9.94. The van der Waals surface area contributed by atoms with E-state index in [1.165, 1.54) is 10.8 Å². The number of hydrogen-bond acceptors (Lipinski definition) is 2. The molecule has 1 atom stereocenters. The van der Waals surface area contributed by atoms with Crippen molar-refractivity contribution >= 4 is 5.91 Å². The molecule has 1 amide bonds. The third-order valence-corrected chi connectivity index (χ3v) is 2.93. The van der Waals surface area contributed by atoms with Crippen LogP contribution in [0.2, 0.25) is 0 Å². The lowest BCUT2D eigenvalue weighted by Crippen LogP contribution is -2.28. The van der Waals surface area contributed by atoms with E-state index in [4.69, 9.17) is 5.73 Å². The highest BCUT2D eigenvalue weighted by Crippen LogP contribution is 2.31. The number of fused-ring (bicyclic) bond motifs is 1. The minimum Gasteiger partial charge on any atom is -0.363 e. The predicted octanol–water partition coefficient (Wildman–Crippen LogP) is 1.50. The van der Waals surface area contributed by atoms with Crippen molar-refractivity contribution in [3.05, 3.63) is 17.7 Å². The van der Waals surface area contributed by atoms with Gasteiger partial charge in [0.05, 0.1) is 0 Å². The van der Waals surface area contributed by atoms with Gasteiger partial charge in [-0.15, -0.1) is 0 Å². The van der Waals surface area contributed by atoms with E-state index >= 15 is 0 Å². The van der Waals surface area contributed by atoms with Crippen LogP contribution >= 0.6 is 0 Å². The van der Waals surface area contributed by atoms with E-state index < -0.39 is 24.4 Å². The first-order valence-corrected chi connectivity index (χ1v) is 5.28. The highest BCUT2D eigenvalue weighted by Gasteiger charge is 2.34.